The van der Waals surface area contributed by atoms with Crippen molar-refractivity contribution in [1.82, 2.24) is 25.5 Å². The highest BCUT2D eigenvalue weighted by Gasteiger charge is 2.09. The number of amides is 1. The van der Waals surface area contributed by atoms with Crippen molar-refractivity contribution in [3.63, 3.8) is 0 Å². The lowest BCUT2D eigenvalue weighted by atomic mass is 10.3. The topological polar surface area (TPSA) is 81.9 Å². The molecule has 0 saturated carbocycles. The number of rotatable bonds is 9. The second-order valence-electron chi connectivity index (χ2n) is 5.50. The summed E-state index contributed by atoms with van der Waals surface area (Å²) < 4.78 is 7.32. The van der Waals surface area contributed by atoms with Gasteiger partial charge in [-0.3, -0.25) is 4.79 Å². The van der Waals surface area contributed by atoms with Crippen molar-refractivity contribution in [2.75, 3.05) is 13.2 Å². The number of carbonyl (C=O) groups excluding carboxylic acids is 1. The number of aromatic nitrogens is 4. The number of tetrazole rings is 1. The summed E-state index contributed by atoms with van der Waals surface area (Å²) in [5.41, 5.74) is 0. The third-order valence-electron chi connectivity index (χ3n) is 3.28. The van der Waals surface area contributed by atoms with E-state index in [1.165, 1.54) is 0 Å². The van der Waals surface area contributed by atoms with Crippen LogP contribution in [0.25, 0.3) is 0 Å². The maximum Gasteiger partial charge on any atom is 0.220 e. The summed E-state index contributed by atoms with van der Waals surface area (Å²) in [4.78, 5) is 11.8. The predicted octanol–water partition coefficient (Wildman–Crippen LogP) is 1.77. The molecule has 0 radical (unpaired) electrons. The van der Waals surface area contributed by atoms with E-state index in [4.69, 9.17) is 4.74 Å². The Balaban J connectivity index is 1.59. The van der Waals surface area contributed by atoms with Gasteiger partial charge in [-0.05, 0) is 42.8 Å². The van der Waals surface area contributed by atoms with Gasteiger partial charge in [0.15, 0.2) is 5.82 Å². The van der Waals surface area contributed by atoms with Gasteiger partial charge in [0.2, 0.25) is 5.91 Å². The summed E-state index contributed by atoms with van der Waals surface area (Å²) >= 11 is 0. The summed E-state index contributed by atoms with van der Waals surface area (Å²) in [6.07, 6.45) is 1.75. The first-order valence-corrected chi connectivity index (χ1v) is 7.88. The van der Waals surface area contributed by atoms with E-state index in [1.54, 1.807) is 4.68 Å². The van der Waals surface area contributed by atoms with Gasteiger partial charge in [0.05, 0.1) is 12.6 Å². The molecule has 0 aliphatic carbocycles. The molecule has 7 nitrogen and oxygen atoms in total. The molecule has 0 fully saturated rings. The molecule has 23 heavy (non-hydrogen) atoms. The molecule has 2 rings (SSSR count). The van der Waals surface area contributed by atoms with Crippen LogP contribution in [0, 0.1) is 0 Å². The minimum absolute atomic E-state index is 0.0187. The van der Waals surface area contributed by atoms with Crippen LogP contribution in [0.15, 0.2) is 30.3 Å². The Bertz CT molecular complexity index is 598. The van der Waals surface area contributed by atoms with E-state index in [1.807, 2.05) is 44.2 Å². The Morgan fingerprint density at radius 2 is 2.09 bits per heavy atom. The zero-order valence-corrected chi connectivity index (χ0v) is 13.6. The fourth-order valence-corrected chi connectivity index (χ4v) is 2.12. The lowest BCUT2D eigenvalue weighted by Crippen LogP contribution is -2.26. The van der Waals surface area contributed by atoms with E-state index in [9.17, 15) is 4.79 Å². The number of hydrogen-bond acceptors (Lipinski definition) is 5. The number of carbonyl (C=O) groups is 1. The van der Waals surface area contributed by atoms with Crippen molar-refractivity contribution in [1.29, 1.82) is 0 Å². The van der Waals surface area contributed by atoms with Crippen LogP contribution in [0.2, 0.25) is 0 Å². The normalized spacial score (nSPS) is 10.7. The molecule has 1 aromatic carbocycles. The number of benzene rings is 1. The number of hydrogen-bond donors (Lipinski definition) is 1. The maximum absolute atomic E-state index is 11.8. The molecule has 0 atom stereocenters. The number of nitrogens with one attached hydrogen (secondary N) is 1. The van der Waals surface area contributed by atoms with E-state index in [0.29, 0.717) is 32.4 Å². The lowest BCUT2D eigenvalue weighted by Gasteiger charge is -2.09. The first-order valence-electron chi connectivity index (χ1n) is 7.88. The van der Waals surface area contributed by atoms with Crippen LogP contribution in [0.1, 0.15) is 38.6 Å². The number of ether oxygens (including phenoxy) is 1. The maximum atomic E-state index is 11.8. The predicted molar refractivity (Wildman–Crippen MR) is 86.1 cm³/mol. The smallest absolute Gasteiger partial charge is 0.220 e. The summed E-state index contributed by atoms with van der Waals surface area (Å²) in [5.74, 6) is 1.63. The third kappa shape index (κ3) is 5.69. The Labute approximate surface area is 136 Å². The Hall–Kier alpha value is -2.44. The van der Waals surface area contributed by atoms with Crippen molar-refractivity contribution in [2.24, 2.45) is 0 Å². The van der Waals surface area contributed by atoms with E-state index >= 15 is 0 Å². The highest BCUT2D eigenvalue weighted by molar-refractivity contribution is 5.75. The van der Waals surface area contributed by atoms with Crippen LogP contribution in [0.3, 0.4) is 0 Å². The van der Waals surface area contributed by atoms with Crippen molar-refractivity contribution < 1.29 is 9.53 Å². The Morgan fingerprint density at radius 1 is 1.30 bits per heavy atom. The molecule has 1 heterocycles. The van der Waals surface area contributed by atoms with Gasteiger partial charge in [-0.25, -0.2) is 4.68 Å². The Kier molecular flexibility index (Phi) is 6.53. The molecule has 1 amide bonds. The van der Waals surface area contributed by atoms with Crippen LogP contribution in [-0.4, -0.2) is 39.3 Å². The second kappa shape index (κ2) is 8.87. The van der Waals surface area contributed by atoms with Crippen molar-refractivity contribution in [2.45, 2.75) is 39.2 Å². The van der Waals surface area contributed by atoms with Crippen LogP contribution >= 0.6 is 0 Å². The first kappa shape index (κ1) is 16.9. The minimum Gasteiger partial charge on any atom is -0.494 e. The van der Waals surface area contributed by atoms with Gasteiger partial charge < -0.3 is 10.1 Å². The molecule has 2 aromatic rings. The quantitative estimate of drug-likeness (QED) is 0.713. The standard InChI is InChI=1S/C16H23N5O2/c1-13(2)21-15(18-19-20-21)10-11-17-16(22)9-6-12-23-14-7-4-3-5-8-14/h3-5,7-8,13H,6,9-12H2,1-2H3,(H,17,22). The summed E-state index contributed by atoms with van der Waals surface area (Å²) in [7, 11) is 0. The molecule has 1 aromatic heterocycles. The van der Waals surface area contributed by atoms with Gasteiger partial charge >= 0.3 is 0 Å². The van der Waals surface area contributed by atoms with Gasteiger partial charge in [0, 0.05) is 19.4 Å². The summed E-state index contributed by atoms with van der Waals surface area (Å²) in [5, 5.41) is 14.4. The molecule has 0 saturated heterocycles. The monoisotopic (exact) mass is 317 g/mol. The molecule has 0 bridgehead atoms. The zero-order chi connectivity index (χ0) is 16.5. The van der Waals surface area contributed by atoms with Gasteiger partial charge in [-0.1, -0.05) is 18.2 Å². The van der Waals surface area contributed by atoms with Crippen LogP contribution in [0.4, 0.5) is 0 Å². The average molecular weight is 317 g/mol. The van der Waals surface area contributed by atoms with Gasteiger partial charge in [-0.2, -0.15) is 0 Å². The molecule has 0 aliphatic rings. The summed E-state index contributed by atoms with van der Waals surface area (Å²) in [6.45, 7) is 5.10. The van der Waals surface area contributed by atoms with E-state index in [0.717, 1.165) is 11.6 Å². The SMILES string of the molecule is CC(C)n1nnnc1CCNC(=O)CCCOc1ccccc1. The number of para-hydroxylation sites is 1. The van der Waals surface area contributed by atoms with Crippen LogP contribution in [-0.2, 0) is 11.2 Å². The van der Waals surface area contributed by atoms with E-state index in [2.05, 4.69) is 20.8 Å². The first-order chi connectivity index (χ1) is 11.2. The average Bonchev–Trinajstić information content (AvgIpc) is 3.01. The molecule has 0 spiro atoms. The van der Waals surface area contributed by atoms with Gasteiger partial charge in [-0.15, -0.1) is 5.10 Å². The fraction of sp³-hybridized carbons (Fsp3) is 0.500. The van der Waals surface area contributed by atoms with Crippen LogP contribution in [0.5, 0.6) is 5.75 Å². The van der Waals surface area contributed by atoms with Gasteiger partial charge in [0.25, 0.3) is 0 Å². The summed E-state index contributed by atoms with van der Waals surface area (Å²) in [6, 6.07) is 9.80. The fourth-order valence-electron chi connectivity index (χ4n) is 2.12. The molecule has 7 heteroatoms. The van der Waals surface area contributed by atoms with E-state index < -0.39 is 0 Å². The second-order valence-corrected chi connectivity index (χ2v) is 5.50. The molecule has 1 N–H and O–H groups in total. The molecule has 0 unspecified atom stereocenters. The van der Waals surface area contributed by atoms with Crippen molar-refractivity contribution in [3.8, 4) is 5.75 Å². The highest BCUT2D eigenvalue weighted by atomic mass is 16.5. The molecular formula is C16H23N5O2. The van der Waals surface area contributed by atoms with Crippen molar-refractivity contribution in [3.05, 3.63) is 36.2 Å². The molecular weight excluding hydrogens is 294 g/mol. The Morgan fingerprint density at radius 3 is 2.83 bits per heavy atom. The molecule has 0 aliphatic heterocycles. The molecule has 124 valence electrons. The zero-order valence-electron chi connectivity index (χ0n) is 13.6. The van der Waals surface area contributed by atoms with Gasteiger partial charge in [0.1, 0.15) is 5.75 Å². The minimum atomic E-state index is 0.0187. The third-order valence-corrected chi connectivity index (χ3v) is 3.28. The van der Waals surface area contributed by atoms with Crippen LogP contribution < -0.4 is 10.1 Å². The van der Waals surface area contributed by atoms with Crippen molar-refractivity contribution >= 4 is 5.91 Å². The lowest BCUT2D eigenvalue weighted by molar-refractivity contribution is -0.121. The largest absolute Gasteiger partial charge is 0.494 e. The number of nitrogens with zero attached hydrogens (tertiary/aromatic N) is 4. The van der Waals surface area contributed by atoms with E-state index in [-0.39, 0.29) is 11.9 Å². The highest BCUT2D eigenvalue weighted by Crippen LogP contribution is 2.08.